The molecule has 5 rings (SSSR count). The van der Waals surface area contributed by atoms with Gasteiger partial charge in [-0.15, -0.1) is 11.8 Å². The molecule has 0 spiro atoms. The number of anilines is 4. The Kier molecular flexibility index (Phi) is 7.98. The molecule has 1 saturated carbocycles. The van der Waals surface area contributed by atoms with Crippen LogP contribution in [0, 0.1) is 20.8 Å². The Morgan fingerprint density at radius 1 is 0.944 bits per heavy atom. The number of halogens is 1. The van der Waals surface area contributed by atoms with E-state index >= 15 is 0 Å². The van der Waals surface area contributed by atoms with E-state index < -0.39 is 0 Å². The first-order valence-electron chi connectivity index (χ1n) is 12.3. The summed E-state index contributed by atoms with van der Waals surface area (Å²) in [5, 5.41) is 7.06. The Hall–Kier alpha value is -1.97. The fraction of sp³-hybridized carbons (Fsp3) is 0.385. The molecule has 0 radical (unpaired) electrons. The lowest BCUT2D eigenvalue weighted by molar-refractivity contribution is 0.443. The van der Waals surface area contributed by atoms with E-state index in [1.807, 2.05) is 26.8 Å². The second-order valence-corrected chi connectivity index (χ2v) is 12.2. The molecule has 0 saturated heterocycles. The maximum absolute atomic E-state index is 4.91. The van der Waals surface area contributed by atoms with E-state index in [0.717, 1.165) is 39.8 Å². The average Bonchev–Trinajstić information content (AvgIpc) is 3.22. The molecule has 7 nitrogen and oxygen atoms in total. The molecule has 3 aromatic heterocycles. The van der Waals surface area contributed by atoms with E-state index in [4.69, 9.17) is 9.97 Å². The third kappa shape index (κ3) is 5.34. The van der Waals surface area contributed by atoms with Crippen molar-refractivity contribution < 1.29 is 0 Å². The normalized spacial score (nSPS) is 14.7. The molecule has 10 heteroatoms. The zero-order valence-corrected chi connectivity index (χ0v) is 25.0. The number of rotatable bonds is 7. The van der Waals surface area contributed by atoms with Gasteiger partial charge in [0.2, 0.25) is 0 Å². The van der Waals surface area contributed by atoms with Crippen LogP contribution in [-0.4, -0.2) is 30.5 Å². The number of hydrogen-bond donors (Lipinski definition) is 2. The lowest BCUT2D eigenvalue weighted by atomic mass is 9.84. The van der Waals surface area contributed by atoms with Crippen molar-refractivity contribution in [2.75, 3.05) is 16.9 Å². The third-order valence-corrected chi connectivity index (χ3v) is 9.82. The summed E-state index contributed by atoms with van der Waals surface area (Å²) in [6.07, 6.45) is 11.1. The molecule has 2 N–H and O–H groups in total. The van der Waals surface area contributed by atoms with Crippen molar-refractivity contribution in [2.24, 2.45) is 0 Å². The minimum atomic E-state index is 0.504. The van der Waals surface area contributed by atoms with Gasteiger partial charge in [0.05, 0.1) is 35.3 Å². The van der Waals surface area contributed by atoms with E-state index in [9.17, 15) is 0 Å². The summed E-state index contributed by atoms with van der Waals surface area (Å²) in [5.41, 5.74) is 7.04. The van der Waals surface area contributed by atoms with Gasteiger partial charge >= 0.3 is 0 Å². The maximum Gasteiger partial charge on any atom is 0.168 e. The third-order valence-electron chi connectivity index (χ3n) is 6.89. The predicted octanol–water partition coefficient (Wildman–Crippen LogP) is 8.19. The second kappa shape index (κ2) is 11.2. The highest BCUT2D eigenvalue weighted by molar-refractivity contribution is 14.2. The van der Waals surface area contributed by atoms with Crippen molar-refractivity contribution in [3.63, 3.8) is 0 Å². The van der Waals surface area contributed by atoms with E-state index in [1.54, 1.807) is 18.0 Å². The van der Waals surface area contributed by atoms with E-state index in [1.165, 1.54) is 42.6 Å². The number of pyridine rings is 1. The summed E-state index contributed by atoms with van der Waals surface area (Å²) in [7, 11) is 0. The number of nitrogens with one attached hydrogen (secondary N) is 2. The van der Waals surface area contributed by atoms with E-state index in [0.29, 0.717) is 23.9 Å². The zero-order chi connectivity index (χ0) is 25.2. The molecule has 36 heavy (non-hydrogen) atoms. The van der Waals surface area contributed by atoms with Crippen molar-refractivity contribution >= 4 is 74.4 Å². The molecule has 0 aliphatic heterocycles. The van der Waals surface area contributed by atoms with Crippen LogP contribution in [0.5, 0.6) is 0 Å². The highest BCUT2D eigenvalue weighted by Crippen LogP contribution is 2.39. The molecule has 0 bridgehead atoms. The van der Waals surface area contributed by atoms with Gasteiger partial charge in [-0.1, -0.05) is 25.3 Å². The minimum Gasteiger partial charge on any atom is -0.353 e. The van der Waals surface area contributed by atoms with Gasteiger partial charge in [0.25, 0.3) is 0 Å². The first-order chi connectivity index (χ1) is 17.5. The lowest BCUT2D eigenvalue weighted by Crippen LogP contribution is -2.05. The standard InChI is InChI=1S/C26H31IN7PS/c1-15-16(2)29-24(14-28-15)32-23-13-21(25-26(33-23)34(35-27)17(3)30-25)31-20-11-10-19(12-22(20)36-4)18-8-6-5-7-9-18/h10-14,18,35H,5-9H2,1-4H3,(H2,29,31,32,33). The Morgan fingerprint density at radius 3 is 2.47 bits per heavy atom. The van der Waals surface area contributed by atoms with Crippen molar-refractivity contribution in [3.05, 3.63) is 53.2 Å². The van der Waals surface area contributed by atoms with Crippen molar-refractivity contribution in [2.45, 2.75) is 63.7 Å². The number of fused-ring (bicyclic) bond motifs is 1. The summed E-state index contributed by atoms with van der Waals surface area (Å²) in [6, 6.07) is 8.93. The predicted molar refractivity (Wildman–Crippen MR) is 162 cm³/mol. The van der Waals surface area contributed by atoms with Crippen LogP contribution >= 0.6 is 40.2 Å². The summed E-state index contributed by atoms with van der Waals surface area (Å²) in [4.78, 5) is 20.1. The number of nitrogens with zero attached hydrogens (tertiary/aromatic N) is 5. The Bertz CT molecular complexity index is 1400. The van der Waals surface area contributed by atoms with Gasteiger partial charge in [0.15, 0.2) is 5.65 Å². The summed E-state index contributed by atoms with van der Waals surface area (Å²) >= 11 is 4.17. The molecule has 0 amide bonds. The molecular formula is C26H31IN7PS. The summed E-state index contributed by atoms with van der Waals surface area (Å²) < 4.78 is 2.15. The van der Waals surface area contributed by atoms with Crippen LogP contribution in [0.1, 0.15) is 60.8 Å². The summed E-state index contributed by atoms with van der Waals surface area (Å²) in [5.74, 6) is 3.03. The van der Waals surface area contributed by atoms with E-state index in [-0.39, 0.29) is 0 Å². The van der Waals surface area contributed by atoms with Crippen LogP contribution in [0.3, 0.4) is 0 Å². The Balaban J connectivity index is 1.53. The minimum absolute atomic E-state index is 0.504. The number of benzene rings is 1. The molecule has 1 aromatic carbocycles. The molecule has 1 atom stereocenters. The average molecular weight is 632 g/mol. The van der Waals surface area contributed by atoms with Gasteiger partial charge in [-0.3, -0.25) is 9.32 Å². The fourth-order valence-electron chi connectivity index (χ4n) is 4.80. The van der Waals surface area contributed by atoms with Crippen LogP contribution in [-0.2, 0) is 0 Å². The topological polar surface area (TPSA) is 80.6 Å². The van der Waals surface area contributed by atoms with Gasteiger partial charge in [0, 0.05) is 11.0 Å². The SMILES string of the molecule is CSc1cc(C2CCCCC2)ccc1Nc1cc(Nc2cnc(C)c(C)n2)nc2c1nc(C)n2PI. The Labute approximate surface area is 231 Å². The van der Waals surface area contributed by atoms with Crippen LogP contribution < -0.4 is 10.6 Å². The monoisotopic (exact) mass is 631 g/mol. The molecule has 1 aliphatic rings. The van der Waals surface area contributed by atoms with Gasteiger partial charge in [-0.25, -0.2) is 15.0 Å². The molecule has 3 heterocycles. The van der Waals surface area contributed by atoms with Crippen molar-refractivity contribution in [1.82, 2.24) is 24.3 Å². The van der Waals surface area contributed by atoms with Gasteiger partial charge in [-0.05, 0) is 85.5 Å². The van der Waals surface area contributed by atoms with Gasteiger partial charge in [-0.2, -0.15) is 0 Å². The molecular weight excluding hydrogens is 600 g/mol. The smallest absolute Gasteiger partial charge is 0.168 e. The Morgan fingerprint density at radius 2 is 1.75 bits per heavy atom. The first-order valence-corrected chi connectivity index (χ1v) is 17.5. The number of hydrogen-bond acceptors (Lipinski definition) is 7. The molecule has 1 unspecified atom stereocenters. The van der Waals surface area contributed by atoms with Gasteiger partial charge in [0.1, 0.15) is 23.0 Å². The molecule has 4 aromatic rings. The van der Waals surface area contributed by atoms with Crippen molar-refractivity contribution in [1.29, 1.82) is 0 Å². The van der Waals surface area contributed by atoms with Crippen molar-refractivity contribution in [3.8, 4) is 0 Å². The maximum atomic E-state index is 4.91. The highest BCUT2D eigenvalue weighted by atomic mass is 127. The van der Waals surface area contributed by atoms with Crippen LogP contribution in [0.15, 0.2) is 35.4 Å². The van der Waals surface area contributed by atoms with Crippen LogP contribution in [0.25, 0.3) is 11.2 Å². The molecule has 188 valence electrons. The number of thioether (sulfide) groups is 1. The molecule has 1 fully saturated rings. The number of aryl methyl sites for hydroxylation is 3. The van der Waals surface area contributed by atoms with Crippen LogP contribution in [0.4, 0.5) is 23.0 Å². The quantitative estimate of drug-likeness (QED) is 0.121. The zero-order valence-electron chi connectivity index (χ0n) is 21.0. The second-order valence-electron chi connectivity index (χ2n) is 9.28. The highest BCUT2D eigenvalue weighted by Gasteiger charge is 2.19. The number of imidazole rings is 1. The van der Waals surface area contributed by atoms with Crippen LogP contribution in [0.2, 0.25) is 0 Å². The largest absolute Gasteiger partial charge is 0.353 e. The first kappa shape index (κ1) is 25.7. The number of aromatic nitrogens is 5. The molecule has 1 aliphatic carbocycles. The lowest BCUT2D eigenvalue weighted by Gasteiger charge is -2.23. The summed E-state index contributed by atoms with van der Waals surface area (Å²) in [6.45, 7) is 5.96. The van der Waals surface area contributed by atoms with E-state index in [2.05, 4.69) is 71.4 Å². The van der Waals surface area contributed by atoms with Gasteiger partial charge < -0.3 is 10.6 Å². The fourth-order valence-corrected chi connectivity index (χ4v) is 7.53.